The number of likely N-dealkylation sites (tertiary alicyclic amines) is 1. The Morgan fingerprint density at radius 1 is 1.26 bits per heavy atom. The number of aryl methyl sites for hydroxylation is 3. The smallest absolute Gasteiger partial charge is 0.233 e. The second-order valence-corrected chi connectivity index (χ2v) is 7.97. The summed E-state index contributed by atoms with van der Waals surface area (Å²) in [6.07, 6.45) is 1.56. The van der Waals surface area contributed by atoms with Gasteiger partial charge in [0.05, 0.1) is 17.4 Å². The summed E-state index contributed by atoms with van der Waals surface area (Å²) in [6.45, 7) is 7.09. The normalized spacial score (nSPS) is 17.1. The lowest BCUT2D eigenvalue weighted by atomic mass is 9.97. The van der Waals surface area contributed by atoms with Crippen LogP contribution in [-0.2, 0) is 9.59 Å². The van der Waals surface area contributed by atoms with Crippen LogP contribution < -0.4 is 5.73 Å². The van der Waals surface area contributed by atoms with Gasteiger partial charge in [0.2, 0.25) is 11.8 Å². The molecule has 1 aromatic carbocycles. The van der Waals surface area contributed by atoms with Gasteiger partial charge in [0, 0.05) is 13.1 Å². The van der Waals surface area contributed by atoms with Gasteiger partial charge in [0.25, 0.3) is 0 Å². The fraction of sp³-hybridized carbons (Fsp3) is 0.474. The number of hydrogen-bond donors (Lipinski definition) is 1. The third kappa shape index (κ3) is 4.32. The van der Waals surface area contributed by atoms with Gasteiger partial charge in [-0.25, -0.2) is 0 Å². The van der Waals surface area contributed by atoms with Crippen molar-refractivity contribution in [2.75, 3.05) is 18.8 Å². The number of amides is 2. The summed E-state index contributed by atoms with van der Waals surface area (Å²) in [7, 11) is 0. The van der Waals surface area contributed by atoms with E-state index in [4.69, 9.17) is 5.73 Å². The Morgan fingerprint density at radius 2 is 2.04 bits per heavy atom. The Balaban J connectivity index is 1.73. The van der Waals surface area contributed by atoms with Crippen molar-refractivity contribution in [1.29, 1.82) is 0 Å². The van der Waals surface area contributed by atoms with Gasteiger partial charge < -0.3 is 10.6 Å². The standard InChI is InChI=1S/C19H25N5O2S/c1-12-6-7-13(2)16(9-12)24-14(3)21-22-19(24)27-11-17(25)23-8-4-5-15(10-23)18(20)26/h6-7,9,15H,4-5,8,10-11H2,1-3H3,(H2,20,26). The number of primary amides is 1. The molecule has 2 aromatic rings. The molecule has 1 aliphatic heterocycles. The predicted octanol–water partition coefficient (Wildman–Crippen LogP) is 2.01. The third-order valence-corrected chi connectivity index (χ3v) is 5.82. The van der Waals surface area contributed by atoms with Crippen molar-refractivity contribution < 1.29 is 9.59 Å². The maximum atomic E-state index is 12.6. The van der Waals surface area contributed by atoms with Gasteiger partial charge in [-0.05, 0) is 50.8 Å². The van der Waals surface area contributed by atoms with Crippen LogP contribution in [0.15, 0.2) is 23.4 Å². The van der Waals surface area contributed by atoms with Crippen LogP contribution in [-0.4, -0.2) is 50.3 Å². The first-order valence-electron chi connectivity index (χ1n) is 9.06. The van der Waals surface area contributed by atoms with E-state index in [0.717, 1.165) is 35.5 Å². The van der Waals surface area contributed by atoms with Crippen LogP contribution in [0.4, 0.5) is 0 Å². The molecule has 1 fully saturated rings. The molecule has 1 aromatic heterocycles. The second kappa shape index (κ2) is 8.12. The van der Waals surface area contributed by atoms with E-state index in [1.807, 2.05) is 25.3 Å². The van der Waals surface area contributed by atoms with Crippen LogP contribution in [0.25, 0.3) is 5.69 Å². The molecule has 1 aliphatic rings. The average Bonchev–Trinajstić information content (AvgIpc) is 3.02. The van der Waals surface area contributed by atoms with Crippen LogP contribution in [0.5, 0.6) is 0 Å². The lowest BCUT2D eigenvalue weighted by molar-refractivity contribution is -0.132. The highest BCUT2D eigenvalue weighted by Gasteiger charge is 2.27. The number of rotatable bonds is 5. The zero-order valence-corrected chi connectivity index (χ0v) is 16.8. The largest absolute Gasteiger partial charge is 0.369 e. The number of piperidine rings is 1. The summed E-state index contributed by atoms with van der Waals surface area (Å²) < 4.78 is 1.99. The first-order chi connectivity index (χ1) is 12.9. The Morgan fingerprint density at radius 3 is 2.78 bits per heavy atom. The molecule has 144 valence electrons. The van der Waals surface area contributed by atoms with Crippen LogP contribution in [0.3, 0.4) is 0 Å². The number of carbonyl (C=O) groups excluding carboxylic acids is 2. The first kappa shape index (κ1) is 19.4. The molecule has 0 bridgehead atoms. The molecule has 0 spiro atoms. The molecule has 0 aliphatic carbocycles. The zero-order chi connectivity index (χ0) is 19.6. The van der Waals surface area contributed by atoms with Crippen molar-refractivity contribution in [3.05, 3.63) is 35.2 Å². The van der Waals surface area contributed by atoms with Crippen molar-refractivity contribution in [3.63, 3.8) is 0 Å². The highest BCUT2D eigenvalue weighted by atomic mass is 32.2. The van der Waals surface area contributed by atoms with E-state index in [1.165, 1.54) is 11.8 Å². The van der Waals surface area contributed by atoms with Gasteiger partial charge in [-0.2, -0.15) is 0 Å². The van der Waals surface area contributed by atoms with E-state index in [0.29, 0.717) is 18.2 Å². The second-order valence-electron chi connectivity index (χ2n) is 7.03. The van der Waals surface area contributed by atoms with Gasteiger partial charge in [-0.1, -0.05) is 23.9 Å². The highest BCUT2D eigenvalue weighted by molar-refractivity contribution is 7.99. The third-order valence-electron chi connectivity index (χ3n) is 4.90. The van der Waals surface area contributed by atoms with Crippen LogP contribution in [0.2, 0.25) is 0 Å². The quantitative estimate of drug-likeness (QED) is 0.792. The molecule has 8 heteroatoms. The van der Waals surface area contributed by atoms with E-state index in [1.54, 1.807) is 4.90 Å². The minimum atomic E-state index is -0.328. The molecular weight excluding hydrogens is 362 g/mol. The van der Waals surface area contributed by atoms with Crippen LogP contribution >= 0.6 is 11.8 Å². The SMILES string of the molecule is Cc1ccc(C)c(-n2c(C)nnc2SCC(=O)N2CCCC(C(N)=O)C2)c1. The predicted molar refractivity (Wildman–Crippen MR) is 105 cm³/mol. The van der Waals surface area contributed by atoms with Gasteiger partial charge in [-0.15, -0.1) is 10.2 Å². The summed E-state index contributed by atoms with van der Waals surface area (Å²) in [6, 6.07) is 6.24. The molecule has 2 heterocycles. The molecule has 27 heavy (non-hydrogen) atoms. The molecule has 2 N–H and O–H groups in total. The van der Waals surface area contributed by atoms with E-state index < -0.39 is 0 Å². The molecule has 0 radical (unpaired) electrons. The lowest BCUT2D eigenvalue weighted by Gasteiger charge is -2.31. The number of nitrogens with zero attached hydrogens (tertiary/aromatic N) is 4. The highest BCUT2D eigenvalue weighted by Crippen LogP contribution is 2.26. The summed E-state index contributed by atoms with van der Waals surface area (Å²) in [5.41, 5.74) is 8.71. The average molecular weight is 388 g/mol. The molecule has 1 atom stereocenters. The Bertz CT molecular complexity index is 864. The number of nitrogens with two attached hydrogens (primary N) is 1. The van der Waals surface area contributed by atoms with Crippen molar-refractivity contribution in [2.24, 2.45) is 11.7 Å². The van der Waals surface area contributed by atoms with Crippen LogP contribution in [0, 0.1) is 26.7 Å². The molecule has 3 rings (SSSR count). The molecular formula is C19H25N5O2S. The van der Waals surface area contributed by atoms with Gasteiger partial charge in [0.1, 0.15) is 5.82 Å². The molecule has 2 amide bonds. The molecule has 7 nitrogen and oxygen atoms in total. The fourth-order valence-electron chi connectivity index (χ4n) is 3.33. The summed E-state index contributed by atoms with van der Waals surface area (Å²) in [5, 5.41) is 9.14. The number of benzene rings is 1. The molecule has 1 unspecified atom stereocenters. The maximum Gasteiger partial charge on any atom is 0.233 e. The number of carbonyl (C=O) groups is 2. The van der Waals surface area contributed by atoms with Crippen molar-refractivity contribution in [1.82, 2.24) is 19.7 Å². The minimum absolute atomic E-state index is 0.000817. The van der Waals surface area contributed by atoms with E-state index >= 15 is 0 Å². The van der Waals surface area contributed by atoms with Gasteiger partial charge in [0.15, 0.2) is 5.16 Å². The van der Waals surface area contributed by atoms with Crippen molar-refractivity contribution in [2.45, 2.75) is 38.8 Å². The monoisotopic (exact) mass is 387 g/mol. The topological polar surface area (TPSA) is 94.1 Å². The van der Waals surface area contributed by atoms with Gasteiger partial charge >= 0.3 is 0 Å². The number of hydrogen-bond acceptors (Lipinski definition) is 5. The van der Waals surface area contributed by atoms with Crippen molar-refractivity contribution >= 4 is 23.6 Å². The van der Waals surface area contributed by atoms with E-state index in [9.17, 15) is 9.59 Å². The minimum Gasteiger partial charge on any atom is -0.369 e. The summed E-state index contributed by atoms with van der Waals surface area (Å²) >= 11 is 1.37. The first-order valence-corrected chi connectivity index (χ1v) is 10.0. The van der Waals surface area contributed by atoms with E-state index in [2.05, 4.69) is 28.4 Å². The number of aromatic nitrogens is 3. The maximum absolute atomic E-state index is 12.6. The summed E-state index contributed by atoms with van der Waals surface area (Å²) in [4.78, 5) is 25.8. The van der Waals surface area contributed by atoms with Crippen molar-refractivity contribution in [3.8, 4) is 5.69 Å². The fourth-order valence-corrected chi connectivity index (χ4v) is 4.22. The Kier molecular flexibility index (Phi) is 5.84. The lowest BCUT2D eigenvalue weighted by Crippen LogP contribution is -2.44. The molecule has 0 saturated carbocycles. The Hall–Kier alpha value is -2.35. The number of thioether (sulfide) groups is 1. The van der Waals surface area contributed by atoms with Crippen LogP contribution in [0.1, 0.15) is 29.8 Å². The molecule has 1 saturated heterocycles. The Labute approximate surface area is 163 Å². The van der Waals surface area contributed by atoms with E-state index in [-0.39, 0.29) is 23.5 Å². The van der Waals surface area contributed by atoms with Gasteiger partial charge in [-0.3, -0.25) is 14.2 Å². The summed E-state index contributed by atoms with van der Waals surface area (Å²) in [5.74, 6) is 0.470. The zero-order valence-electron chi connectivity index (χ0n) is 15.9.